The molecule has 1 rings (SSSR count). The van der Waals surface area contributed by atoms with Gasteiger partial charge in [0.2, 0.25) is 0 Å². The van der Waals surface area contributed by atoms with Gasteiger partial charge in [0.1, 0.15) is 0 Å². The Bertz CT molecular complexity index is 415. The zero-order valence-corrected chi connectivity index (χ0v) is 9.45. The smallest absolute Gasteiger partial charge is 0.184 e. The summed E-state index contributed by atoms with van der Waals surface area (Å²) in [5.74, 6) is 0. The van der Waals surface area contributed by atoms with Gasteiger partial charge >= 0.3 is 0 Å². The van der Waals surface area contributed by atoms with E-state index in [0.717, 1.165) is 11.1 Å². The lowest BCUT2D eigenvalue weighted by Crippen LogP contribution is -2.23. The van der Waals surface area contributed by atoms with Gasteiger partial charge in [-0.05, 0) is 35.5 Å². The molecule has 0 saturated carbocycles. The fourth-order valence-corrected chi connectivity index (χ4v) is 1.15. The first-order chi connectivity index (χ1) is 7.72. The predicted octanol–water partition coefficient (Wildman–Crippen LogP) is 1.01. The quantitative estimate of drug-likeness (QED) is 0.414. The maximum Gasteiger partial charge on any atom is 0.184 e. The molecule has 0 aliphatic heterocycles. The van der Waals surface area contributed by atoms with E-state index in [1.807, 2.05) is 30.3 Å². The van der Waals surface area contributed by atoms with E-state index in [-0.39, 0.29) is 11.7 Å². The van der Waals surface area contributed by atoms with Crippen molar-refractivity contribution in [2.24, 2.45) is 10.8 Å². The Morgan fingerprint density at radius 1 is 1.56 bits per heavy atom. The molecule has 0 spiro atoms. The number of aliphatic hydroxyl groups is 1. The highest BCUT2D eigenvalue weighted by atomic mass is 32.1. The number of hydrazone groups is 1. The largest absolute Gasteiger partial charge is 0.392 e. The Morgan fingerprint density at radius 3 is 3.06 bits per heavy atom. The summed E-state index contributed by atoms with van der Waals surface area (Å²) in [6.07, 6.45) is 5.16. The van der Waals surface area contributed by atoms with Crippen molar-refractivity contribution in [2.45, 2.75) is 6.61 Å². The van der Waals surface area contributed by atoms with Gasteiger partial charge in [-0.25, -0.2) is 0 Å². The fraction of sp³-hybridized carbons (Fsp3) is 0.0909. The standard InChI is InChI=1S/C11H13N3OS/c12-11(16)14-13-6-2-5-9-3-1-4-10(7-9)8-15/h1-7,15H,8H2,(H3,12,14,16)/b5-2+,13-6+. The number of rotatable bonds is 4. The summed E-state index contributed by atoms with van der Waals surface area (Å²) in [7, 11) is 0. The van der Waals surface area contributed by atoms with Gasteiger partial charge in [0.05, 0.1) is 6.61 Å². The SMILES string of the molecule is NC(=S)N/N=C/C=C/c1cccc(CO)c1. The van der Waals surface area contributed by atoms with Crippen molar-refractivity contribution in [1.29, 1.82) is 0 Å². The first kappa shape index (κ1) is 12.4. The molecule has 0 aliphatic rings. The van der Waals surface area contributed by atoms with Gasteiger partial charge in [-0.1, -0.05) is 24.3 Å². The van der Waals surface area contributed by atoms with E-state index in [1.54, 1.807) is 12.3 Å². The average Bonchev–Trinajstić information content (AvgIpc) is 2.28. The van der Waals surface area contributed by atoms with Crippen molar-refractivity contribution in [3.8, 4) is 0 Å². The van der Waals surface area contributed by atoms with Crippen molar-refractivity contribution >= 4 is 29.6 Å². The van der Waals surface area contributed by atoms with Crippen LogP contribution in [0.4, 0.5) is 0 Å². The Balaban J connectivity index is 2.55. The second-order valence-corrected chi connectivity index (χ2v) is 3.46. The van der Waals surface area contributed by atoms with Crippen molar-refractivity contribution in [3.63, 3.8) is 0 Å². The van der Waals surface area contributed by atoms with E-state index < -0.39 is 0 Å². The summed E-state index contributed by atoms with van der Waals surface area (Å²) >= 11 is 4.57. The van der Waals surface area contributed by atoms with Crippen molar-refractivity contribution in [2.75, 3.05) is 0 Å². The Hall–Kier alpha value is -1.72. The van der Waals surface area contributed by atoms with Crippen LogP contribution in [0.5, 0.6) is 0 Å². The molecule has 0 bridgehead atoms. The molecule has 0 fully saturated rings. The van der Waals surface area contributed by atoms with Gasteiger partial charge in [-0.3, -0.25) is 5.43 Å². The number of nitrogens with one attached hydrogen (secondary N) is 1. The molecule has 0 aliphatic carbocycles. The van der Waals surface area contributed by atoms with Gasteiger partial charge in [-0.2, -0.15) is 5.10 Å². The lowest BCUT2D eigenvalue weighted by molar-refractivity contribution is 0.282. The molecule has 0 saturated heterocycles. The molecule has 84 valence electrons. The predicted molar refractivity (Wildman–Crippen MR) is 69.8 cm³/mol. The number of hydrogen-bond donors (Lipinski definition) is 3. The molecule has 0 heterocycles. The van der Waals surface area contributed by atoms with Gasteiger partial charge in [0.15, 0.2) is 5.11 Å². The molecule has 5 heteroatoms. The van der Waals surface area contributed by atoms with Crippen molar-refractivity contribution < 1.29 is 5.11 Å². The van der Waals surface area contributed by atoms with Crippen LogP contribution < -0.4 is 11.2 Å². The summed E-state index contributed by atoms with van der Waals surface area (Å²) in [5, 5.41) is 12.8. The highest BCUT2D eigenvalue weighted by Gasteiger charge is 1.89. The summed E-state index contributed by atoms with van der Waals surface area (Å²) < 4.78 is 0. The van der Waals surface area contributed by atoms with Crippen LogP contribution in [0.3, 0.4) is 0 Å². The molecule has 4 N–H and O–H groups in total. The third kappa shape index (κ3) is 4.68. The van der Waals surface area contributed by atoms with Crippen LogP contribution in [0.1, 0.15) is 11.1 Å². The minimum atomic E-state index is 0.0404. The van der Waals surface area contributed by atoms with Gasteiger partial charge in [0, 0.05) is 6.21 Å². The Morgan fingerprint density at radius 2 is 2.38 bits per heavy atom. The van der Waals surface area contributed by atoms with E-state index >= 15 is 0 Å². The second kappa shape index (κ2) is 6.71. The first-order valence-electron chi connectivity index (χ1n) is 4.67. The monoisotopic (exact) mass is 235 g/mol. The van der Waals surface area contributed by atoms with Crippen LogP contribution in [0, 0.1) is 0 Å². The molecule has 1 aromatic carbocycles. The fourth-order valence-electron chi connectivity index (χ4n) is 1.09. The van der Waals surface area contributed by atoms with E-state index in [4.69, 9.17) is 10.8 Å². The number of nitrogens with zero attached hydrogens (tertiary/aromatic N) is 1. The number of nitrogens with two attached hydrogens (primary N) is 1. The molecule has 0 atom stereocenters. The molecular formula is C11H13N3OS. The minimum Gasteiger partial charge on any atom is -0.392 e. The third-order valence-electron chi connectivity index (χ3n) is 1.76. The van der Waals surface area contributed by atoms with Gasteiger partial charge < -0.3 is 10.8 Å². The van der Waals surface area contributed by atoms with E-state index in [1.165, 1.54) is 0 Å². The maximum absolute atomic E-state index is 8.94. The molecule has 1 aromatic rings. The Kier molecular flexibility index (Phi) is 5.18. The van der Waals surface area contributed by atoms with E-state index in [0.29, 0.717) is 0 Å². The molecule has 16 heavy (non-hydrogen) atoms. The summed E-state index contributed by atoms with van der Waals surface area (Å²) in [6.45, 7) is 0.0404. The van der Waals surface area contributed by atoms with Crippen molar-refractivity contribution in [3.05, 3.63) is 41.5 Å². The summed E-state index contributed by atoms with van der Waals surface area (Å²) in [5.41, 5.74) is 9.49. The molecule has 0 radical (unpaired) electrons. The molecule has 0 amide bonds. The number of hydrogen-bond acceptors (Lipinski definition) is 3. The Labute approximate surface area is 99.5 Å². The average molecular weight is 235 g/mol. The lowest BCUT2D eigenvalue weighted by atomic mass is 10.1. The molecule has 4 nitrogen and oxygen atoms in total. The summed E-state index contributed by atoms with van der Waals surface area (Å²) in [6, 6.07) is 7.57. The maximum atomic E-state index is 8.94. The number of aliphatic hydroxyl groups excluding tert-OH is 1. The van der Waals surface area contributed by atoms with Crippen LogP contribution in [-0.2, 0) is 6.61 Å². The van der Waals surface area contributed by atoms with Crippen LogP contribution in [0.25, 0.3) is 6.08 Å². The zero-order chi connectivity index (χ0) is 11.8. The van der Waals surface area contributed by atoms with Crippen LogP contribution in [-0.4, -0.2) is 16.4 Å². The normalized spacial score (nSPS) is 11.1. The van der Waals surface area contributed by atoms with E-state index in [2.05, 4.69) is 22.7 Å². The van der Waals surface area contributed by atoms with Crippen LogP contribution in [0.2, 0.25) is 0 Å². The number of thiocarbonyl (C=S) groups is 1. The molecule has 0 aromatic heterocycles. The minimum absolute atomic E-state index is 0.0404. The number of allylic oxidation sites excluding steroid dienone is 1. The highest BCUT2D eigenvalue weighted by molar-refractivity contribution is 7.80. The molecular weight excluding hydrogens is 222 g/mol. The van der Waals surface area contributed by atoms with Crippen LogP contribution >= 0.6 is 12.2 Å². The van der Waals surface area contributed by atoms with Gasteiger partial charge in [-0.15, -0.1) is 0 Å². The van der Waals surface area contributed by atoms with Crippen molar-refractivity contribution in [1.82, 2.24) is 5.43 Å². The third-order valence-corrected chi connectivity index (χ3v) is 1.85. The van der Waals surface area contributed by atoms with Gasteiger partial charge in [0.25, 0.3) is 0 Å². The molecule has 0 unspecified atom stereocenters. The summed E-state index contributed by atoms with van der Waals surface area (Å²) in [4.78, 5) is 0. The lowest BCUT2D eigenvalue weighted by Gasteiger charge is -1.96. The topological polar surface area (TPSA) is 70.6 Å². The second-order valence-electron chi connectivity index (χ2n) is 3.02. The zero-order valence-electron chi connectivity index (χ0n) is 8.63. The van der Waals surface area contributed by atoms with E-state index in [9.17, 15) is 0 Å². The van der Waals surface area contributed by atoms with Crippen LogP contribution in [0.15, 0.2) is 35.4 Å². The highest BCUT2D eigenvalue weighted by Crippen LogP contribution is 2.06. The first-order valence-corrected chi connectivity index (χ1v) is 5.08. The number of benzene rings is 1.